The number of hydrogen-bond acceptors (Lipinski definition) is 4. The average molecular weight is 335 g/mol. The van der Waals surface area contributed by atoms with E-state index in [0.29, 0.717) is 5.52 Å². The molecule has 8 heteroatoms. The molecule has 0 spiro atoms. The van der Waals surface area contributed by atoms with E-state index in [1.54, 1.807) is 24.3 Å². The van der Waals surface area contributed by atoms with E-state index < -0.39 is 11.9 Å². The Morgan fingerprint density at radius 2 is 1.88 bits per heavy atom. The molecule has 0 amide bonds. The van der Waals surface area contributed by atoms with Crippen molar-refractivity contribution in [2.24, 2.45) is 0 Å². The van der Waals surface area contributed by atoms with Crippen molar-refractivity contribution < 1.29 is 17.9 Å². The fourth-order valence-corrected chi connectivity index (χ4v) is 2.38. The third-order valence-electron chi connectivity index (χ3n) is 3.42. The molecule has 0 bridgehead atoms. The summed E-state index contributed by atoms with van der Waals surface area (Å²) in [6.07, 6.45) is -3.54. The third kappa shape index (κ3) is 3.17. The van der Waals surface area contributed by atoms with Crippen LogP contribution in [0.2, 0.25) is 0 Å². The molecule has 0 radical (unpaired) electrons. The van der Waals surface area contributed by atoms with Gasteiger partial charge in [-0.15, -0.1) is 13.2 Å². The summed E-state index contributed by atoms with van der Waals surface area (Å²) in [7, 11) is 0. The molecule has 0 unspecified atom stereocenters. The van der Waals surface area contributed by atoms with Crippen LogP contribution in [-0.2, 0) is 6.54 Å². The zero-order valence-electron chi connectivity index (χ0n) is 12.2. The van der Waals surface area contributed by atoms with E-state index in [-0.39, 0.29) is 28.9 Å². The summed E-state index contributed by atoms with van der Waals surface area (Å²) in [5, 5.41) is 0.231. The first-order chi connectivity index (χ1) is 11.3. The van der Waals surface area contributed by atoms with E-state index in [0.717, 1.165) is 0 Å². The third-order valence-corrected chi connectivity index (χ3v) is 3.42. The van der Waals surface area contributed by atoms with E-state index in [1.807, 2.05) is 0 Å². The highest BCUT2D eigenvalue weighted by molar-refractivity contribution is 5.89. The van der Waals surface area contributed by atoms with Gasteiger partial charge in [-0.1, -0.05) is 24.3 Å². The quantitative estimate of drug-likeness (QED) is 0.747. The van der Waals surface area contributed by atoms with E-state index in [2.05, 4.69) is 9.72 Å². The van der Waals surface area contributed by atoms with Crippen LogP contribution in [0.3, 0.4) is 0 Å². The Hall–Kier alpha value is -3.03. The largest absolute Gasteiger partial charge is 0.573 e. The first kappa shape index (κ1) is 15.9. The molecule has 1 heterocycles. The Morgan fingerprint density at radius 1 is 1.12 bits per heavy atom. The van der Waals surface area contributed by atoms with Gasteiger partial charge in [-0.2, -0.15) is 0 Å². The highest BCUT2D eigenvalue weighted by Gasteiger charge is 2.32. The number of hydrogen-bond donors (Lipinski definition) is 1. The van der Waals surface area contributed by atoms with Crippen LogP contribution in [0.5, 0.6) is 5.75 Å². The minimum Gasteiger partial charge on any atom is -0.405 e. The summed E-state index contributed by atoms with van der Waals surface area (Å²) >= 11 is 0. The maximum atomic E-state index is 12.5. The number of alkyl halides is 3. The number of fused-ring (bicyclic) bond motifs is 1. The van der Waals surface area contributed by atoms with Gasteiger partial charge in [-0.3, -0.25) is 9.36 Å². The first-order valence-electron chi connectivity index (χ1n) is 6.92. The molecule has 0 saturated heterocycles. The molecular formula is C16H12F3N3O2. The van der Waals surface area contributed by atoms with Crippen molar-refractivity contribution in [3.8, 4) is 5.75 Å². The van der Waals surface area contributed by atoms with Crippen LogP contribution in [0.25, 0.3) is 10.9 Å². The molecule has 0 fully saturated rings. The molecule has 0 saturated carbocycles. The van der Waals surface area contributed by atoms with Gasteiger partial charge in [0.1, 0.15) is 5.75 Å². The lowest BCUT2D eigenvalue weighted by Crippen LogP contribution is -2.23. The monoisotopic (exact) mass is 335 g/mol. The van der Waals surface area contributed by atoms with Crippen molar-refractivity contribution in [2.45, 2.75) is 12.9 Å². The molecule has 0 aliphatic carbocycles. The minimum atomic E-state index is -4.81. The molecule has 5 nitrogen and oxygen atoms in total. The number of nitrogen functional groups attached to an aromatic ring is 1. The number of benzene rings is 2. The zero-order chi connectivity index (χ0) is 17.3. The molecule has 0 aliphatic heterocycles. The maximum absolute atomic E-state index is 12.5. The predicted octanol–water partition coefficient (Wildman–Crippen LogP) is 2.93. The average Bonchev–Trinajstić information content (AvgIpc) is 2.50. The molecule has 3 aromatic rings. The summed E-state index contributed by atoms with van der Waals surface area (Å²) in [6, 6.07) is 10.5. The van der Waals surface area contributed by atoms with Gasteiger partial charge in [0.15, 0.2) is 0 Å². The lowest BCUT2D eigenvalue weighted by Gasteiger charge is -2.14. The molecule has 0 atom stereocenters. The van der Waals surface area contributed by atoms with Gasteiger partial charge < -0.3 is 10.5 Å². The van der Waals surface area contributed by atoms with Gasteiger partial charge in [-0.05, 0) is 18.2 Å². The Kier molecular flexibility index (Phi) is 3.88. The van der Waals surface area contributed by atoms with Crippen LogP contribution < -0.4 is 16.0 Å². The number of para-hydroxylation sites is 1. The number of nitrogens with zero attached hydrogens (tertiary/aromatic N) is 2. The second kappa shape index (κ2) is 5.88. The Bertz CT molecular complexity index is 951. The molecule has 0 aliphatic rings. The van der Waals surface area contributed by atoms with Gasteiger partial charge in [0.25, 0.3) is 5.56 Å². The van der Waals surface area contributed by atoms with Gasteiger partial charge in [0.2, 0.25) is 0 Å². The van der Waals surface area contributed by atoms with Gasteiger partial charge in [0, 0.05) is 11.3 Å². The van der Waals surface area contributed by atoms with Crippen LogP contribution in [0.4, 0.5) is 18.9 Å². The molecule has 1 aromatic heterocycles. The lowest BCUT2D eigenvalue weighted by atomic mass is 10.2. The van der Waals surface area contributed by atoms with Crippen molar-refractivity contribution in [3.05, 3.63) is 64.7 Å². The maximum Gasteiger partial charge on any atom is 0.573 e. The standard InChI is InChI=1S/C16H12F3N3O2/c17-16(18,19)24-13-7-2-1-4-10(13)8-22-9-21-12-6-3-5-11(20)14(12)15(22)23/h1-7,9H,8,20H2. The number of anilines is 1. The zero-order valence-corrected chi connectivity index (χ0v) is 12.2. The van der Waals surface area contributed by atoms with Crippen molar-refractivity contribution in [2.75, 3.05) is 5.73 Å². The highest BCUT2D eigenvalue weighted by atomic mass is 19.4. The van der Waals surface area contributed by atoms with Gasteiger partial charge >= 0.3 is 6.36 Å². The Morgan fingerprint density at radius 3 is 2.62 bits per heavy atom. The topological polar surface area (TPSA) is 70.1 Å². The van der Waals surface area contributed by atoms with E-state index in [9.17, 15) is 18.0 Å². The Balaban J connectivity index is 2.04. The normalized spacial score (nSPS) is 11.6. The predicted molar refractivity (Wildman–Crippen MR) is 82.6 cm³/mol. The molecular weight excluding hydrogens is 323 g/mol. The summed E-state index contributed by atoms with van der Waals surface area (Å²) in [5.74, 6) is -0.363. The smallest absolute Gasteiger partial charge is 0.405 e. The van der Waals surface area contributed by atoms with Crippen LogP contribution in [0.1, 0.15) is 5.56 Å². The second-order valence-corrected chi connectivity index (χ2v) is 5.07. The minimum absolute atomic E-state index is 0.123. The number of rotatable bonds is 3. The van der Waals surface area contributed by atoms with Crippen LogP contribution in [0, 0.1) is 0 Å². The number of aromatic nitrogens is 2. The van der Waals surface area contributed by atoms with E-state index >= 15 is 0 Å². The summed E-state index contributed by atoms with van der Waals surface area (Å²) in [5.41, 5.74) is 6.27. The molecule has 3 rings (SSSR count). The SMILES string of the molecule is Nc1cccc2ncn(Cc3ccccc3OC(F)(F)F)c(=O)c12. The number of nitrogens with two attached hydrogens (primary N) is 1. The lowest BCUT2D eigenvalue weighted by molar-refractivity contribution is -0.274. The molecule has 24 heavy (non-hydrogen) atoms. The summed E-state index contributed by atoms with van der Waals surface area (Å²) < 4.78 is 42.6. The first-order valence-corrected chi connectivity index (χ1v) is 6.92. The fraction of sp³-hybridized carbons (Fsp3) is 0.125. The second-order valence-electron chi connectivity index (χ2n) is 5.07. The van der Waals surface area contributed by atoms with Crippen molar-refractivity contribution in [1.29, 1.82) is 0 Å². The van der Waals surface area contributed by atoms with E-state index in [4.69, 9.17) is 5.73 Å². The molecule has 2 N–H and O–H groups in total. The molecule has 124 valence electrons. The summed E-state index contributed by atoms with van der Waals surface area (Å²) in [4.78, 5) is 16.7. The Labute approximate surface area is 134 Å². The number of halogens is 3. The molecule has 2 aromatic carbocycles. The van der Waals surface area contributed by atoms with Crippen molar-refractivity contribution in [3.63, 3.8) is 0 Å². The van der Waals surface area contributed by atoms with E-state index in [1.165, 1.54) is 29.1 Å². The summed E-state index contributed by atoms with van der Waals surface area (Å²) in [6.45, 7) is -0.123. The fourth-order valence-electron chi connectivity index (χ4n) is 2.38. The van der Waals surface area contributed by atoms with Gasteiger partial charge in [-0.25, -0.2) is 4.98 Å². The number of ether oxygens (including phenoxy) is 1. The van der Waals surface area contributed by atoms with Crippen molar-refractivity contribution in [1.82, 2.24) is 9.55 Å². The van der Waals surface area contributed by atoms with Gasteiger partial charge in [0.05, 0.1) is 23.8 Å². The van der Waals surface area contributed by atoms with Crippen LogP contribution in [0.15, 0.2) is 53.6 Å². The van der Waals surface area contributed by atoms with Crippen LogP contribution in [-0.4, -0.2) is 15.9 Å². The highest BCUT2D eigenvalue weighted by Crippen LogP contribution is 2.26. The van der Waals surface area contributed by atoms with Crippen molar-refractivity contribution >= 4 is 16.6 Å². The van der Waals surface area contributed by atoms with Crippen LogP contribution >= 0.6 is 0 Å².